The summed E-state index contributed by atoms with van der Waals surface area (Å²) < 4.78 is 0. The molecule has 0 amide bonds. The first kappa shape index (κ1) is 22.9. The zero-order valence-corrected chi connectivity index (χ0v) is 17.1. The molecular weight excluding hydrogens is 370 g/mol. The number of phenols is 2. The Bertz CT molecular complexity index is 762. The summed E-state index contributed by atoms with van der Waals surface area (Å²) in [5.41, 5.74) is 9.77. The molecule has 0 aliphatic carbocycles. The van der Waals surface area contributed by atoms with Crippen LogP contribution in [0.25, 0.3) is 0 Å². The van der Waals surface area contributed by atoms with Crippen LogP contribution in [0.2, 0.25) is 0 Å². The number of phenolic OH excluding ortho intramolecular Hbond substituents is 2. The molecule has 1 unspecified atom stereocenters. The fourth-order valence-electron chi connectivity index (χ4n) is 3.41. The molecule has 0 aromatic heterocycles. The minimum atomic E-state index is -0.567. The summed E-state index contributed by atoms with van der Waals surface area (Å²) in [5, 5.41) is 33.3. The molecule has 29 heavy (non-hydrogen) atoms. The quantitative estimate of drug-likeness (QED) is 0.287. The lowest BCUT2D eigenvalue weighted by molar-refractivity contribution is 0.233. The van der Waals surface area contributed by atoms with Crippen molar-refractivity contribution in [2.45, 2.75) is 32.5 Å². The smallest absolute Gasteiger partial charge is 0.125 e. The van der Waals surface area contributed by atoms with Crippen LogP contribution in [-0.2, 0) is 6.54 Å². The molecule has 1 heterocycles. The van der Waals surface area contributed by atoms with Gasteiger partial charge in [-0.25, -0.2) is 5.90 Å². The largest absolute Gasteiger partial charge is 0.508 e. The third kappa shape index (κ3) is 6.31. The molecule has 1 saturated heterocycles. The van der Waals surface area contributed by atoms with Gasteiger partial charge in [-0.15, -0.1) is 0 Å². The summed E-state index contributed by atoms with van der Waals surface area (Å²) >= 11 is 0. The lowest BCUT2D eigenvalue weighted by Gasteiger charge is -2.27. The Morgan fingerprint density at radius 1 is 1.00 bits per heavy atom. The number of nitrogens with two attached hydrogens (primary N) is 2. The van der Waals surface area contributed by atoms with Crippen LogP contribution in [0, 0.1) is 0 Å². The van der Waals surface area contributed by atoms with Gasteiger partial charge in [0.2, 0.25) is 0 Å². The van der Waals surface area contributed by atoms with Gasteiger partial charge in [0, 0.05) is 50.0 Å². The molecule has 1 aliphatic rings. The van der Waals surface area contributed by atoms with Gasteiger partial charge in [-0.05, 0) is 35.2 Å². The number of anilines is 1. The van der Waals surface area contributed by atoms with Gasteiger partial charge in [0.15, 0.2) is 0 Å². The van der Waals surface area contributed by atoms with Crippen LogP contribution >= 0.6 is 0 Å². The van der Waals surface area contributed by atoms with Gasteiger partial charge in [0.1, 0.15) is 17.7 Å². The highest BCUT2D eigenvalue weighted by molar-refractivity contribution is 5.52. The summed E-state index contributed by atoms with van der Waals surface area (Å²) in [6.45, 7) is 9.17. The number of benzene rings is 2. The highest BCUT2D eigenvalue weighted by Crippen LogP contribution is 2.34. The Morgan fingerprint density at radius 3 is 2.17 bits per heavy atom. The number of hydrogen-bond acceptors (Lipinski definition) is 8. The molecule has 0 radical (unpaired) electrons. The Labute approximate surface area is 172 Å². The van der Waals surface area contributed by atoms with Crippen molar-refractivity contribution in [1.82, 2.24) is 10.2 Å². The van der Waals surface area contributed by atoms with Crippen LogP contribution in [0.1, 0.15) is 42.6 Å². The SMILES string of the molecule is CC(C)c1cc(C(N)Nc2ccc(CN3CCNCC3)cc2)c(O)cc1O.NO. The monoisotopic (exact) mass is 403 g/mol. The summed E-state index contributed by atoms with van der Waals surface area (Å²) in [4.78, 5) is 2.44. The second-order valence-electron chi connectivity index (χ2n) is 7.47. The van der Waals surface area contributed by atoms with E-state index in [9.17, 15) is 10.2 Å². The van der Waals surface area contributed by atoms with E-state index in [0.717, 1.165) is 44.0 Å². The standard InChI is InChI=1S/C21H30N4O2.H3NO/c1-14(2)17-11-18(20(27)12-19(17)26)21(22)24-16-5-3-15(4-6-16)13-25-9-7-23-8-10-25;1-2/h3-6,11-12,14,21,23-24,26-27H,7-10,13,22H2,1-2H3;2H,1H2. The number of piperazine rings is 1. The van der Waals surface area contributed by atoms with Gasteiger partial charge in [-0.3, -0.25) is 4.90 Å². The van der Waals surface area contributed by atoms with Crippen molar-refractivity contribution in [2.24, 2.45) is 11.6 Å². The second-order valence-corrected chi connectivity index (χ2v) is 7.47. The summed E-state index contributed by atoms with van der Waals surface area (Å²) in [6, 6.07) is 11.4. The van der Waals surface area contributed by atoms with Crippen molar-refractivity contribution in [3.8, 4) is 11.5 Å². The Morgan fingerprint density at radius 2 is 1.59 bits per heavy atom. The predicted octanol–water partition coefficient (Wildman–Crippen LogP) is 2.03. The van der Waals surface area contributed by atoms with E-state index < -0.39 is 6.17 Å². The minimum Gasteiger partial charge on any atom is -0.508 e. The van der Waals surface area contributed by atoms with E-state index in [0.29, 0.717) is 5.56 Å². The molecule has 1 atom stereocenters. The van der Waals surface area contributed by atoms with Crippen LogP contribution < -0.4 is 22.3 Å². The maximum Gasteiger partial charge on any atom is 0.125 e. The van der Waals surface area contributed by atoms with Crippen molar-refractivity contribution < 1.29 is 15.4 Å². The van der Waals surface area contributed by atoms with Crippen LogP contribution in [-0.4, -0.2) is 46.5 Å². The molecule has 3 rings (SSSR count). The molecule has 0 spiro atoms. The summed E-state index contributed by atoms with van der Waals surface area (Å²) in [7, 11) is 0. The maximum absolute atomic E-state index is 10.2. The molecule has 8 nitrogen and oxygen atoms in total. The fraction of sp³-hybridized carbons (Fsp3) is 0.429. The Hall–Kier alpha value is -2.36. The summed E-state index contributed by atoms with van der Waals surface area (Å²) in [6.07, 6.45) is -0.567. The van der Waals surface area contributed by atoms with Crippen LogP contribution in [0.15, 0.2) is 36.4 Å². The molecule has 2 aromatic rings. The van der Waals surface area contributed by atoms with Crippen molar-refractivity contribution in [1.29, 1.82) is 0 Å². The first-order valence-electron chi connectivity index (χ1n) is 9.79. The van der Waals surface area contributed by atoms with Gasteiger partial charge >= 0.3 is 0 Å². The van der Waals surface area contributed by atoms with Gasteiger partial charge in [0.25, 0.3) is 0 Å². The van der Waals surface area contributed by atoms with Crippen molar-refractivity contribution in [3.63, 3.8) is 0 Å². The maximum atomic E-state index is 10.2. The molecule has 0 bridgehead atoms. The normalized spacial score (nSPS) is 15.5. The number of rotatable bonds is 6. The van der Waals surface area contributed by atoms with Crippen LogP contribution in [0.5, 0.6) is 11.5 Å². The zero-order chi connectivity index (χ0) is 21.4. The third-order valence-electron chi connectivity index (χ3n) is 5.02. The molecule has 1 fully saturated rings. The average molecular weight is 404 g/mol. The van der Waals surface area contributed by atoms with Gasteiger partial charge in [-0.2, -0.15) is 0 Å². The highest BCUT2D eigenvalue weighted by atomic mass is 16.4. The number of nitrogens with zero attached hydrogens (tertiary/aromatic N) is 1. The molecular formula is C21H33N5O3. The number of hydrogen-bond donors (Lipinski definition) is 7. The molecule has 9 N–H and O–H groups in total. The van der Waals surface area contributed by atoms with Crippen molar-refractivity contribution >= 4 is 5.69 Å². The van der Waals surface area contributed by atoms with E-state index in [1.165, 1.54) is 11.6 Å². The summed E-state index contributed by atoms with van der Waals surface area (Å²) in [5.74, 6) is 3.73. The minimum absolute atomic E-state index is 0.00720. The van der Waals surface area contributed by atoms with E-state index >= 15 is 0 Å². The second kappa shape index (κ2) is 11.0. The topological polar surface area (TPSA) is 140 Å². The van der Waals surface area contributed by atoms with Crippen molar-refractivity contribution in [3.05, 3.63) is 53.1 Å². The Balaban J connectivity index is 0.00000145. The first-order valence-corrected chi connectivity index (χ1v) is 9.79. The van der Waals surface area contributed by atoms with E-state index in [1.807, 2.05) is 26.0 Å². The van der Waals surface area contributed by atoms with Crippen molar-refractivity contribution in [2.75, 3.05) is 31.5 Å². The lowest BCUT2D eigenvalue weighted by Crippen LogP contribution is -2.42. The zero-order valence-electron chi connectivity index (χ0n) is 17.1. The third-order valence-corrected chi connectivity index (χ3v) is 5.02. The first-order chi connectivity index (χ1) is 13.9. The molecule has 160 valence electrons. The van der Waals surface area contributed by atoms with E-state index in [4.69, 9.17) is 10.9 Å². The van der Waals surface area contributed by atoms with E-state index in [-0.39, 0.29) is 17.4 Å². The van der Waals surface area contributed by atoms with E-state index in [1.54, 1.807) is 6.07 Å². The van der Waals surface area contributed by atoms with Crippen LogP contribution in [0.3, 0.4) is 0 Å². The molecule has 8 heteroatoms. The highest BCUT2D eigenvalue weighted by Gasteiger charge is 2.17. The number of nitrogens with one attached hydrogen (secondary N) is 2. The Kier molecular flexibility index (Phi) is 8.69. The average Bonchev–Trinajstić information content (AvgIpc) is 2.71. The van der Waals surface area contributed by atoms with E-state index in [2.05, 4.69) is 33.6 Å². The van der Waals surface area contributed by atoms with Crippen LogP contribution in [0.4, 0.5) is 5.69 Å². The molecule has 0 saturated carbocycles. The lowest BCUT2D eigenvalue weighted by atomic mass is 9.98. The van der Waals surface area contributed by atoms with Gasteiger partial charge < -0.3 is 31.8 Å². The number of aromatic hydroxyl groups is 2. The fourth-order valence-corrected chi connectivity index (χ4v) is 3.41. The molecule has 2 aromatic carbocycles. The predicted molar refractivity (Wildman–Crippen MR) is 115 cm³/mol. The molecule has 1 aliphatic heterocycles. The van der Waals surface area contributed by atoms with Gasteiger partial charge in [-0.1, -0.05) is 26.0 Å². The van der Waals surface area contributed by atoms with Gasteiger partial charge in [0.05, 0.1) is 0 Å².